The Hall–Kier alpha value is -2.27. The first kappa shape index (κ1) is 18.1. The Labute approximate surface area is 166 Å². The van der Waals surface area contributed by atoms with Crippen LogP contribution >= 0.6 is 23.4 Å². The fraction of sp³-hybridized carbons (Fsp3) is 0.316. The molecule has 0 spiro atoms. The van der Waals surface area contributed by atoms with Gasteiger partial charge in [0, 0.05) is 24.3 Å². The van der Waals surface area contributed by atoms with Crippen LogP contribution in [-0.4, -0.2) is 46.5 Å². The van der Waals surface area contributed by atoms with E-state index < -0.39 is 0 Å². The topological polar surface area (TPSA) is 77.8 Å². The van der Waals surface area contributed by atoms with Crippen LogP contribution in [0.1, 0.15) is 6.92 Å². The fourth-order valence-electron chi connectivity index (χ4n) is 3.00. The number of anilines is 1. The first-order valence-corrected chi connectivity index (χ1v) is 9.95. The van der Waals surface area contributed by atoms with Crippen LogP contribution in [0.2, 0.25) is 5.02 Å². The summed E-state index contributed by atoms with van der Waals surface area (Å²) < 4.78 is 5.41. The van der Waals surface area contributed by atoms with E-state index >= 15 is 0 Å². The largest absolute Gasteiger partial charge is 0.378 e. The van der Waals surface area contributed by atoms with Gasteiger partial charge in [-0.1, -0.05) is 35.5 Å². The Morgan fingerprint density at radius 3 is 2.70 bits per heavy atom. The number of rotatable bonds is 4. The number of nitrogens with one attached hydrogen (secondary N) is 1. The molecule has 0 saturated carbocycles. The maximum atomic E-state index is 8.96. The minimum atomic E-state index is -0.187. The van der Waals surface area contributed by atoms with Crippen LogP contribution in [0.4, 0.5) is 5.69 Å². The van der Waals surface area contributed by atoms with Gasteiger partial charge in [0.05, 0.1) is 40.8 Å². The third kappa shape index (κ3) is 3.88. The van der Waals surface area contributed by atoms with Gasteiger partial charge in [0.25, 0.3) is 0 Å². The third-order valence-electron chi connectivity index (χ3n) is 4.39. The molecular weight excluding hydrogens is 382 g/mol. The van der Waals surface area contributed by atoms with Gasteiger partial charge in [0.1, 0.15) is 0 Å². The zero-order valence-corrected chi connectivity index (χ0v) is 16.3. The summed E-state index contributed by atoms with van der Waals surface area (Å²) in [4.78, 5) is 14.6. The van der Waals surface area contributed by atoms with Crippen molar-refractivity contribution in [1.29, 1.82) is 5.26 Å². The number of imidazole rings is 1. The highest BCUT2D eigenvalue weighted by molar-refractivity contribution is 8.00. The van der Waals surface area contributed by atoms with Crippen LogP contribution in [0.5, 0.6) is 0 Å². The van der Waals surface area contributed by atoms with E-state index in [4.69, 9.17) is 21.6 Å². The van der Waals surface area contributed by atoms with Crippen molar-refractivity contribution in [3.8, 4) is 17.3 Å². The lowest BCUT2D eigenvalue weighted by molar-refractivity contribution is 0.122. The Bertz CT molecular complexity index is 992. The van der Waals surface area contributed by atoms with Crippen molar-refractivity contribution >= 4 is 40.2 Å². The molecule has 8 heteroatoms. The lowest BCUT2D eigenvalue weighted by Gasteiger charge is -2.28. The zero-order valence-electron chi connectivity index (χ0n) is 14.8. The number of morpholine rings is 1. The molecule has 4 rings (SSSR count). The number of ether oxygens (including phenoxy) is 1. The van der Waals surface area contributed by atoms with Crippen LogP contribution in [0.15, 0.2) is 35.5 Å². The van der Waals surface area contributed by atoms with Crippen LogP contribution in [-0.2, 0) is 4.74 Å². The SMILES string of the molecule is CC(C#N)Sc1nc2nc(-c3ccc(N4CCOCC4)cc3)c(Cl)cc2[nH]1. The second-order valence-corrected chi connectivity index (χ2v) is 8.00. The number of aromatic amines is 1. The summed E-state index contributed by atoms with van der Waals surface area (Å²) in [6, 6.07) is 12.3. The van der Waals surface area contributed by atoms with Gasteiger partial charge in [-0.05, 0) is 25.1 Å². The third-order valence-corrected chi connectivity index (χ3v) is 5.56. The first-order chi connectivity index (χ1) is 13.1. The van der Waals surface area contributed by atoms with E-state index in [0.717, 1.165) is 37.4 Å². The molecule has 0 amide bonds. The summed E-state index contributed by atoms with van der Waals surface area (Å²) in [5, 5.41) is 10.0. The van der Waals surface area contributed by atoms with Gasteiger partial charge in [-0.3, -0.25) is 0 Å². The molecule has 1 aromatic carbocycles. The van der Waals surface area contributed by atoms with Gasteiger partial charge in [-0.25, -0.2) is 9.97 Å². The highest BCUT2D eigenvalue weighted by atomic mass is 35.5. The predicted octanol–water partition coefficient (Wildman–Crippen LogP) is 4.12. The van der Waals surface area contributed by atoms with Gasteiger partial charge in [0.15, 0.2) is 10.8 Å². The highest BCUT2D eigenvalue weighted by Crippen LogP contribution is 2.31. The molecule has 0 aliphatic carbocycles. The van der Waals surface area contributed by atoms with Crippen molar-refractivity contribution < 1.29 is 4.74 Å². The van der Waals surface area contributed by atoms with Gasteiger partial charge >= 0.3 is 0 Å². The van der Waals surface area contributed by atoms with E-state index in [-0.39, 0.29) is 5.25 Å². The van der Waals surface area contributed by atoms with E-state index in [9.17, 15) is 0 Å². The van der Waals surface area contributed by atoms with E-state index in [1.807, 2.05) is 25.1 Å². The summed E-state index contributed by atoms with van der Waals surface area (Å²) in [6.45, 7) is 5.16. The molecule has 1 saturated heterocycles. The van der Waals surface area contributed by atoms with Crippen molar-refractivity contribution in [3.05, 3.63) is 35.4 Å². The molecule has 3 aromatic rings. The maximum absolute atomic E-state index is 8.96. The lowest BCUT2D eigenvalue weighted by atomic mass is 10.1. The Balaban J connectivity index is 1.62. The van der Waals surface area contributed by atoms with Crippen molar-refractivity contribution in [2.45, 2.75) is 17.3 Å². The molecule has 2 aromatic heterocycles. The summed E-state index contributed by atoms with van der Waals surface area (Å²) in [5.41, 5.74) is 4.18. The predicted molar refractivity (Wildman–Crippen MR) is 108 cm³/mol. The second-order valence-electron chi connectivity index (χ2n) is 6.27. The van der Waals surface area contributed by atoms with Crippen molar-refractivity contribution in [2.24, 2.45) is 0 Å². The van der Waals surface area contributed by atoms with Crippen molar-refractivity contribution in [2.75, 3.05) is 31.2 Å². The normalized spacial score (nSPS) is 15.7. The molecule has 1 atom stereocenters. The molecule has 3 heterocycles. The number of fused-ring (bicyclic) bond motifs is 1. The monoisotopic (exact) mass is 399 g/mol. The number of halogens is 1. The smallest absolute Gasteiger partial charge is 0.179 e. The van der Waals surface area contributed by atoms with Gasteiger partial charge in [-0.15, -0.1) is 0 Å². The number of nitrogens with zero attached hydrogens (tertiary/aromatic N) is 4. The highest BCUT2D eigenvalue weighted by Gasteiger charge is 2.15. The van der Waals surface area contributed by atoms with Crippen LogP contribution < -0.4 is 4.90 Å². The fourth-order valence-corrected chi connectivity index (χ4v) is 3.96. The van der Waals surface area contributed by atoms with E-state index in [1.165, 1.54) is 17.4 Å². The molecule has 1 N–H and O–H groups in total. The summed E-state index contributed by atoms with van der Waals surface area (Å²) in [6.07, 6.45) is 0. The summed E-state index contributed by atoms with van der Waals surface area (Å²) in [7, 11) is 0. The quantitative estimate of drug-likeness (QED) is 0.665. The number of thioether (sulfide) groups is 1. The van der Waals surface area contributed by atoms with E-state index in [0.29, 0.717) is 21.5 Å². The molecule has 138 valence electrons. The molecule has 0 radical (unpaired) electrons. The molecule has 27 heavy (non-hydrogen) atoms. The number of pyridine rings is 1. The standard InChI is InChI=1S/C19H18ClN5OS/c1-12(11-21)27-19-22-16-10-15(20)17(23-18(16)24-19)13-2-4-14(5-3-13)25-6-8-26-9-7-25/h2-5,10,12H,6-9H2,1H3,(H,22,23,24). The summed E-state index contributed by atoms with van der Waals surface area (Å²) >= 11 is 7.84. The minimum Gasteiger partial charge on any atom is -0.378 e. The molecule has 0 bridgehead atoms. The number of H-pyrrole nitrogens is 1. The average molecular weight is 400 g/mol. The molecule has 1 unspecified atom stereocenters. The number of nitriles is 1. The van der Waals surface area contributed by atoms with Crippen LogP contribution in [0.25, 0.3) is 22.4 Å². The Kier molecular flexibility index (Phi) is 5.21. The summed E-state index contributed by atoms with van der Waals surface area (Å²) in [5.74, 6) is 0. The number of benzene rings is 1. The Morgan fingerprint density at radius 1 is 1.26 bits per heavy atom. The van der Waals surface area contributed by atoms with Gasteiger partial charge in [0.2, 0.25) is 0 Å². The maximum Gasteiger partial charge on any atom is 0.179 e. The van der Waals surface area contributed by atoms with Crippen molar-refractivity contribution in [1.82, 2.24) is 15.0 Å². The molecule has 6 nitrogen and oxygen atoms in total. The second kappa shape index (κ2) is 7.77. The molecular formula is C19H18ClN5OS. The van der Waals surface area contributed by atoms with Crippen LogP contribution in [0, 0.1) is 11.3 Å². The molecule has 1 aliphatic heterocycles. The molecule has 1 aliphatic rings. The number of hydrogen-bond donors (Lipinski definition) is 1. The average Bonchev–Trinajstić information content (AvgIpc) is 3.09. The van der Waals surface area contributed by atoms with E-state index in [2.05, 4.69) is 38.1 Å². The minimum absolute atomic E-state index is 0.187. The first-order valence-electron chi connectivity index (χ1n) is 8.69. The van der Waals surface area contributed by atoms with Gasteiger partial charge in [-0.2, -0.15) is 5.26 Å². The molecule has 1 fully saturated rings. The van der Waals surface area contributed by atoms with Crippen molar-refractivity contribution in [3.63, 3.8) is 0 Å². The lowest BCUT2D eigenvalue weighted by Crippen LogP contribution is -2.36. The van der Waals surface area contributed by atoms with E-state index in [1.54, 1.807) is 0 Å². The Morgan fingerprint density at radius 2 is 2.00 bits per heavy atom. The zero-order chi connectivity index (χ0) is 18.8. The number of aromatic nitrogens is 3. The van der Waals surface area contributed by atoms with Crippen LogP contribution in [0.3, 0.4) is 0 Å². The van der Waals surface area contributed by atoms with Gasteiger partial charge < -0.3 is 14.6 Å². The number of hydrogen-bond acceptors (Lipinski definition) is 6.